The van der Waals surface area contributed by atoms with E-state index in [2.05, 4.69) is 20.8 Å². The molecular weight excluding hydrogens is 318 g/mol. The van der Waals surface area contributed by atoms with Crippen LogP contribution in [0.2, 0.25) is 5.02 Å². The number of nitrogens with zero attached hydrogens (tertiary/aromatic N) is 1. The summed E-state index contributed by atoms with van der Waals surface area (Å²) >= 11 is 9.47. The zero-order chi connectivity index (χ0) is 13.0. The standard InChI is InChI=1S/C13H17BrClNO2/c14-11-3-1-4-12(13(11)15)18-8-2-6-16-7-5-10(17)9-16/h1,3-4,10,17H,2,5-9H2. The van der Waals surface area contributed by atoms with Crippen LogP contribution in [-0.4, -0.2) is 42.4 Å². The van der Waals surface area contributed by atoms with E-state index in [1.54, 1.807) is 0 Å². The Morgan fingerprint density at radius 2 is 2.33 bits per heavy atom. The number of rotatable bonds is 5. The van der Waals surface area contributed by atoms with E-state index >= 15 is 0 Å². The van der Waals surface area contributed by atoms with Crippen molar-refractivity contribution in [3.8, 4) is 5.75 Å². The van der Waals surface area contributed by atoms with Crippen LogP contribution in [-0.2, 0) is 0 Å². The minimum Gasteiger partial charge on any atom is -0.492 e. The second kappa shape index (κ2) is 6.75. The fourth-order valence-electron chi connectivity index (χ4n) is 2.08. The second-order valence-electron chi connectivity index (χ2n) is 4.50. The molecule has 1 saturated heterocycles. The Kier molecular flexibility index (Phi) is 5.30. The highest BCUT2D eigenvalue weighted by Crippen LogP contribution is 2.31. The predicted octanol–water partition coefficient (Wildman–Crippen LogP) is 2.94. The van der Waals surface area contributed by atoms with Gasteiger partial charge in [-0.2, -0.15) is 0 Å². The molecule has 0 aromatic heterocycles. The highest BCUT2D eigenvalue weighted by atomic mass is 79.9. The molecule has 1 aliphatic rings. The highest BCUT2D eigenvalue weighted by Gasteiger charge is 2.19. The van der Waals surface area contributed by atoms with Crippen molar-refractivity contribution in [3.05, 3.63) is 27.7 Å². The molecule has 100 valence electrons. The Morgan fingerprint density at radius 3 is 3.06 bits per heavy atom. The fourth-order valence-corrected chi connectivity index (χ4v) is 2.61. The lowest BCUT2D eigenvalue weighted by Crippen LogP contribution is -2.24. The maximum absolute atomic E-state index is 9.41. The molecule has 3 nitrogen and oxygen atoms in total. The van der Waals surface area contributed by atoms with Gasteiger partial charge in [0.2, 0.25) is 0 Å². The second-order valence-corrected chi connectivity index (χ2v) is 5.73. The lowest BCUT2D eigenvalue weighted by Gasteiger charge is -2.15. The summed E-state index contributed by atoms with van der Waals surface area (Å²) in [5, 5.41) is 10.0. The van der Waals surface area contributed by atoms with Crippen LogP contribution in [0.15, 0.2) is 22.7 Å². The molecule has 1 aromatic rings. The Balaban J connectivity index is 1.70. The quantitative estimate of drug-likeness (QED) is 0.840. The summed E-state index contributed by atoms with van der Waals surface area (Å²) in [6.45, 7) is 3.38. The smallest absolute Gasteiger partial charge is 0.139 e. The predicted molar refractivity (Wildman–Crippen MR) is 76.3 cm³/mol. The molecule has 0 aliphatic carbocycles. The Hall–Kier alpha value is -0.290. The first kappa shape index (κ1) is 14.1. The van der Waals surface area contributed by atoms with E-state index in [1.165, 1.54) is 0 Å². The Labute approximate surface area is 121 Å². The van der Waals surface area contributed by atoms with Gasteiger partial charge in [-0.3, -0.25) is 0 Å². The van der Waals surface area contributed by atoms with Gasteiger partial charge in [-0.25, -0.2) is 0 Å². The van der Waals surface area contributed by atoms with Gasteiger partial charge in [0.1, 0.15) is 5.75 Å². The third-order valence-corrected chi connectivity index (χ3v) is 4.32. The molecular formula is C13H17BrClNO2. The van der Waals surface area contributed by atoms with Crippen molar-refractivity contribution >= 4 is 27.5 Å². The number of aliphatic hydroxyl groups excluding tert-OH is 1. The molecule has 2 rings (SSSR count). The van der Waals surface area contributed by atoms with Crippen LogP contribution < -0.4 is 4.74 Å². The third-order valence-electron chi connectivity index (χ3n) is 3.04. The summed E-state index contributed by atoms with van der Waals surface area (Å²) in [6.07, 6.45) is 1.68. The van der Waals surface area contributed by atoms with Crippen molar-refractivity contribution in [2.24, 2.45) is 0 Å². The molecule has 1 unspecified atom stereocenters. The van der Waals surface area contributed by atoms with Gasteiger partial charge in [-0.15, -0.1) is 0 Å². The average Bonchev–Trinajstić information content (AvgIpc) is 2.76. The summed E-state index contributed by atoms with van der Waals surface area (Å²) in [4.78, 5) is 2.26. The van der Waals surface area contributed by atoms with Crippen LogP contribution in [0, 0.1) is 0 Å². The molecule has 0 saturated carbocycles. The number of β-amino-alcohol motifs (C(OH)–C–C–N with tert-alkyl or cyclic N) is 1. The van der Waals surface area contributed by atoms with Gasteiger partial charge in [-0.1, -0.05) is 17.7 Å². The first-order valence-electron chi connectivity index (χ1n) is 6.14. The highest BCUT2D eigenvalue weighted by molar-refractivity contribution is 9.10. The lowest BCUT2D eigenvalue weighted by molar-refractivity contribution is 0.173. The van der Waals surface area contributed by atoms with Crippen molar-refractivity contribution in [2.75, 3.05) is 26.2 Å². The maximum Gasteiger partial charge on any atom is 0.139 e. The summed E-state index contributed by atoms with van der Waals surface area (Å²) in [7, 11) is 0. The van der Waals surface area contributed by atoms with E-state index in [1.807, 2.05) is 18.2 Å². The minimum atomic E-state index is -0.148. The van der Waals surface area contributed by atoms with Gasteiger partial charge in [0.25, 0.3) is 0 Å². The fraction of sp³-hybridized carbons (Fsp3) is 0.538. The summed E-state index contributed by atoms with van der Waals surface area (Å²) in [6, 6.07) is 5.66. The van der Waals surface area contributed by atoms with E-state index in [9.17, 15) is 5.11 Å². The zero-order valence-electron chi connectivity index (χ0n) is 10.1. The number of hydrogen-bond donors (Lipinski definition) is 1. The average molecular weight is 335 g/mol. The lowest BCUT2D eigenvalue weighted by atomic mass is 10.3. The Morgan fingerprint density at radius 1 is 1.50 bits per heavy atom. The number of hydrogen-bond acceptors (Lipinski definition) is 3. The molecule has 1 atom stereocenters. The van der Waals surface area contributed by atoms with Gasteiger partial charge in [-0.05, 0) is 40.9 Å². The molecule has 1 aliphatic heterocycles. The van der Waals surface area contributed by atoms with Crippen LogP contribution in [0.4, 0.5) is 0 Å². The molecule has 0 spiro atoms. The minimum absolute atomic E-state index is 0.148. The third kappa shape index (κ3) is 3.85. The molecule has 1 N–H and O–H groups in total. The van der Waals surface area contributed by atoms with Crippen LogP contribution in [0.5, 0.6) is 5.75 Å². The number of likely N-dealkylation sites (tertiary alicyclic amines) is 1. The maximum atomic E-state index is 9.41. The summed E-state index contributed by atoms with van der Waals surface area (Å²) in [5.41, 5.74) is 0. The molecule has 5 heteroatoms. The van der Waals surface area contributed by atoms with E-state index in [0.717, 1.165) is 36.9 Å². The van der Waals surface area contributed by atoms with E-state index in [-0.39, 0.29) is 6.10 Å². The van der Waals surface area contributed by atoms with E-state index in [0.29, 0.717) is 17.4 Å². The molecule has 18 heavy (non-hydrogen) atoms. The van der Waals surface area contributed by atoms with Crippen molar-refractivity contribution in [3.63, 3.8) is 0 Å². The molecule has 1 heterocycles. The molecule has 1 fully saturated rings. The first-order chi connectivity index (χ1) is 8.66. The van der Waals surface area contributed by atoms with Gasteiger partial charge in [0, 0.05) is 24.1 Å². The van der Waals surface area contributed by atoms with Crippen molar-refractivity contribution in [1.82, 2.24) is 4.90 Å². The number of benzene rings is 1. The molecule has 0 bridgehead atoms. The van der Waals surface area contributed by atoms with Gasteiger partial charge in [0.15, 0.2) is 0 Å². The monoisotopic (exact) mass is 333 g/mol. The van der Waals surface area contributed by atoms with Crippen LogP contribution in [0.1, 0.15) is 12.8 Å². The van der Waals surface area contributed by atoms with Crippen molar-refractivity contribution in [1.29, 1.82) is 0 Å². The SMILES string of the molecule is OC1CCN(CCCOc2cccc(Br)c2Cl)C1. The summed E-state index contributed by atoms with van der Waals surface area (Å²) in [5.74, 6) is 0.715. The Bertz CT molecular complexity index is 403. The number of aliphatic hydroxyl groups is 1. The van der Waals surface area contributed by atoms with Crippen molar-refractivity contribution < 1.29 is 9.84 Å². The number of ether oxygens (including phenoxy) is 1. The largest absolute Gasteiger partial charge is 0.492 e. The summed E-state index contributed by atoms with van der Waals surface area (Å²) < 4.78 is 6.50. The van der Waals surface area contributed by atoms with E-state index < -0.39 is 0 Å². The molecule has 0 amide bonds. The topological polar surface area (TPSA) is 32.7 Å². The van der Waals surface area contributed by atoms with Gasteiger partial charge in [0.05, 0.1) is 17.7 Å². The zero-order valence-corrected chi connectivity index (χ0v) is 12.5. The van der Waals surface area contributed by atoms with Gasteiger partial charge < -0.3 is 14.7 Å². The van der Waals surface area contributed by atoms with Crippen LogP contribution >= 0.6 is 27.5 Å². The molecule has 1 aromatic carbocycles. The van der Waals surface area contributed by atoms with Crippen LogP contribution in [0.3, 0.4) is 0 Å². The van der Waals surface area contributed by atoms with Crippen molar-refractivity contribution in [2.45, 2.75) is 18.9 Å². The first-order valence-corrected chi connectivity index (χ1v) is 7.31. The molecule has 0 radical (unpaired) electrons. The number of halogens is 2. The van der Waals surface area contributed by atoms with Gasteiger partial charge >= 0.3 is 0 Å². The van der Waals surface area contributed by atoms with E-state index in [4.69, 9.17) is 16.3 Å². The normalized spacial score (nSPS) is 20.3. The van der Waals surface area contributed by atoms with Crippen LogP contribution in [0.25, 0.3) is 0 Å².